The predicted molar refractivity (Wildman–Crippen MR) is 162 cm³/mol. The summed E-state index contributed by atoms with van der Waals surface area (Å²) in [4.78, 5) is 19.6. The van der Waals surface area contributed by atoms with E-state index in [0.717, 1.165) is 23.5 Å². The van der Waals surface area contributed by atoms with Gasteiger partial charge in [0, 0.05) is 46.8 Å². The number of rotatable bonds is 7. The molecular weight excluding hydrogens is 636 g/mol. The molecule has 0 aliphatic rings. The maximum Gasteiger partial charge on any atom is 0.427 e. The summed E-state index contributed by atoms with van der Waals surface area (Å²) in [7, 11) is -3.31. The molecule has 0 aliphatic heterocycles. The van der Waals surface area contributed by atoms with Crippen LogP contribution in [-0.4, -0.2) is 39.4 Å². The number of carboxylic acid groups (broad SMARTS) is 1. The molecule has 228 valence electrons. The molecule has 2 aromatic carbocycles. The molecule has 5 aromatic rings. The molecule has 0 atom stereocenters. The number of aromatic nitrogens is 4. The Hall–Kier alpha value is -4.40. The van der Waals surface area contributed by atoms with Gasteiger partial charge in [0.25, 0.3) is 10.0 Å². The van der Waals surface area contributed by atoms with E-state index in [-0.39, 0.29) is 26.4 Å². The molecule has 0 spiro atoms. The van der Waals surface area contributed by atoms with Crippen LogP contribution < -0.4 is 9.04 Å². The SMILES string of the molecule is Cn1cc(-c2cc(-c3ccccc3F)ncc2Oc2cc(F)c(S(=O)(=O)N(C(=O)O)c3csc(C(C)(C)C)n3)cc2Cl)cn1. The maximum atomic E-state index is 15.5. The van der Waals surface area contributed by atoms with Crippen LogP contribution in [0.2, 0.25) is 5.02 Å². The van der Waals surface area contributed by atoms with E-state index in [9.17, 15) is 22.7 Å². The van der Waals surface area contributed by atoms with Crippen LogP contribution in [0.15, 0.2) is 71.3 Å². The van der Waals surface area contributed by atoms with Crippen molar-refractivity contribution in [2.45, 2.75) is 31.1 Å². The molecule has 3 aromatic heterocycles. The Labute approximate surface area is 260 Å². The quantitative estimate of drug-likeness (QED) is 0.190. The number of thiazole rings is 1. The number of pyridine rings is 1. The van der Waals surface area contributed by atoms with Gasteiger partial charge >= 0.3 is 6.09 Å². The van der Waals surface area contributed by atoms with E-state index in [1.165, 1.54) is 28.5 Å². The van der Waals surface area contributed by atoms with E-state index in [4.69, 9.17) is 16.3 Å². The van der Waals surface area contributed by atoms with Crippen LogP contribution in [0.3, 0.4) is 0 Å². The van der Waals surface area contributed by atoms with Crippen molar-refractivity contribution < 1.29 is 31.8 Å². The van der Waals surface area contributed by atoms with Crippen LogP contribution in [0.4, 0.5) is 19.4 Å². The zero-order valence-electron chi connectivity index (χ0n) is 23.6. The second-order valence-electron chi connectivity index (χ2n) is 10.6. The third kappa shape index (κ3) is 6.00. The first-order valence-electron chi connectivity index (χ1n) is 12.8. The molecule has 0 radical (unpaired) electrons. The van der Waals surface area contributed by atoms with Crippen LogP contribution in [0.25, 0.3) is 22.4 Å². The lowest BCUT2D eigenvalue weighted by molar-refractivity contribution is 0.206. The molecule has 0 saturated heterocycles. The highest BCUT2D eigenvalue weighted by Crippen LogP contribution is 2.40. The number of halogens is 3. The fourth-order valence-corrected chi connectivity index (χ4v) is 6.68. The number of aryl methyl sites for hydroxylation is 1. The van der Waals surface area contributed by atoms with Gasteiger partial charge in [-0.1, -0.05) is 44.5 Å². The molecule has 3 heterocycles. The summed E-state index contributed by atoms with van der Waals surface area (Å²) in [6, 6.07) is 9.13. The van der Waals surface area contributed by atoms with Crippen molar-refractivity contribution >= 4 is 44.9 Å². The number of amides is 1. The Morgan fingerprint density at radius 1 is 1.07 bits per heavy atom. The summed E-state index contributed by atoms with van der Waals surface area (Å²) >= 11 is 7.45. The Bertz CT molecular complexity index is 2010. The highest BCUT2D eigenvalue weighted by molar-refractivity contribution is 7.93. The minimum Gasteiger partial charge on any atom is -0.464 e. The molecule has 0 fully saturated rings. The van der Waals surface area contributed by atoms with Crippen LogP contribution in [0.5, 0.6) is 11.5 Å². The van der Waals surface area contributed by atoms with E-state index in [0.29, 0.717) is 21.8 Å². The fraction of sp³-hybridized carbons (Fsp3) is 0.172. The van der Waals surface area contributed by atoms with Gasteiger partial charge in [0.1, 0.15) is 27.3 Å². The molecule has 44 heavy (non-hydrogen) atoms. The van der Waals surface area contributed by atoms with E-state index in [1.807, 2.05) is 20.8 Å². The van der Waals surface area contributed by atoms with Crippen LogP contribution in [0.1, 0.15) is 25.8 Å². The molecule has 0 saturated carbocycles. The Kier molecular flexibility index (Phi) is 8.18. The summed E-state index contributed by atoms with van der Waals surface area (Å²) in [5, 5.41) is 15.4. The van der Waals surface area contributed by atoms with Gasteiger partial charge in [-0.05, 0) is 24.3 Å². The van der Waals surface area contributed by atoms with Crippen molar-refractivity contribution in [2.24, 2.45) is 7.05 Å². The van der Waals surface area contributed by atoms with Gasteiger partial charge in [-0.25, -0.2) is 27.0 Å². The second-order valence-corrected chi connectivity index (χ2v) is 13.6. The lowest BCUT2D eigenvalue weighted by Crippen LogP contribution is -2.36. The molecular formula is C29H24ClF2N5O5S2. The van der Waals surface area contributed by atoms with Gasteiger partial charge in [-0.15, -0.1) is 15.6 Å². The summed E-state index contributed by atoms with van der Waals surface area (Å²) < 4.78 is 64.3. The van der Waals surface area contributed by atoms with Crippen molar-refractivity contribution in [3.8, 4) is 33.9 Å². The standard InChI is InChI=1S/C29H24ClF2N5O5S2/c1-29(2,3)27-35-26(15-43-27)37(28(38)39)44(40,41)25-10-19(30)23(11-21(25)32)42-24-13-33-22(17-7-5-6-8-20(17)31)9-18(24)16-12-34-36(4)14-16/h5-15H,1-4H3,(H,38,39). The normalized spacial score (nSPS) is 11.9. The average Bonchev–Trinajstić information content (AvgIpc) is 3.60. The molecule has 0 bridgehead atoms. The molecule has 5 rings (SSSR count). The minimum absolute atomic E-state index is 0.000121. The Morgan fingerprint density at radius 2 is 1.80 bits per heavy atom. The van der Waals surface area contributed by atoms with E-state index in [1.54, 1.807) is 37.5 Å². The largest absolute Gasteiger partial charge is 0.464 e. The molecule has 10 nitrogen and oxygen atoms in total. The van der Waals surface area contributed by atoms with Crippen molar-refractivity contribution in [3.05, 3.63) is 88.1 Å². The number of hydrogen-bond acceptors (Lipinski definition) is 8. The first kappa shape index (κ1) is 31.0. The molecule has 15 heteroatoms. The van der Waals surface area contributed by atoms with Crippen molar-refractivity contribution in [1.82, 2.24) is 19.7 Å². The topological polar surface area (TPSA) is 128 Å². The van der Waals surface area contributed by atoms with Crippen molar-refractivity contribution in [1.29, 1.82) is 0 Å². The minimum atomic E-state index is -5.01. The smallest absolute Gasteiger partial charge is 0.427 e. The zero-order valence-corrected chi connectivity index (χ0v) is 26.0. The maximum absolute atomic E-state index is 15.5. The Morgan fingerprint density at radius 3 is 2.41 bits per heavy atom. The fourth-order valence-electron chi connectivity index (χ4n) is 4.16. The third-order valence-corrected chi connectivity index (χ3v) is 9.52. The summed E-state index contributed by atoms with van der Waals surface area (Å²) in [6.07, 6.45) is 2.63. The predicted octanol–water partition coefficient (Wildman–Crippen LogP) is 7.50. The number of nitrogens with zero attached hydrogens (tertiary/aromatic N) is 5. The number of anilines is 1. The van der Waals surface area contributed by atoms with Gasteiger partial charge < -0.3 is 9.84 Å². The highest BCUT2D eigenvalue weighted by Gasteiger charge is 2.36. The number of carbonyl (C=O) groups is 1. The molecule has 0 unspecified atom stereocenters. The number of sulfonamides is 1. The van der Waals surface area contributed by atoms with Gasteiger partial charge in [-0.2, -0.15) is 5.10 Å². The molecule has 1 N–H and O–H groups in total. The highest BCUT2D eigenvalue weighted by atomic mass is 35.5. The summed E-state index contributed by atoms with van der Waals surface area (Å²) in [5.74, 6) is -2.40. The first-order chi connectivity index (χ1) is 20.7. The number of hydrogen-bond donors (Lipinski definition) is 1. The summed E-state index contributed by atoms with van der Waals surface area (Å²) in [5.41, 5.74) is 1.02. The lowest BCUT2D eigenvalue weighted by Gasteiger charge is -2.19. The van der Waals surface area contributed by atoms with Crippen molar-refractivity contribution in [2.75, 3.05) is 4.31 Å². The average molecular weight is 660 g/mol. The van der Waals surface area contributed by atoms with Crippen LogP contribution >= 0.6 is 22.9 Å². The van der Waals surface area contributed by atoms with Crippen LogP contribution in [-0.2, 0) is 22.5 Å². The van der Waals surface area contributed by atoms with E-state index in [2.05, 4.69) is 15.1 Å². The number of benzene rings is 2. The van der Waals surface area contributed by atoms with E-state index < -0.39 is 43.9 Å². The second kappa shape index (κ2) is 11.6. The summed E-state index contributed by atoms with van der Waals surface area (Å²) in [6.45, 7) is 5.49. The number of ether oxygens (including phenoxy) is 1. The van der Waals surface area contributed by atoms with Crippen LogP contribution in [0, 0.1) is 11.6 Å². The van der Waals surface area contributed by atoms with Gasteiger partial charge in [0.15, 0.2) is 11.6 Å². The molecule has 0 aliphatic carbocycles. The van der Waals surface area contributed by atoms with Gasteiger partial charge in [-0.3, -0.25) is 9.67 Å². The van der Waals surface area contributed by atoms with Gasteiger partial charge in [0.05, 0.1) is 23.1 Å². The monoisotopic (exact) mass is 659 g/mol. The zero-order chi connectivity index (χ0) is 32.0. The lowest BCUT2D eigenvalue weighted by atomic mass is 9.98. The Balaban J connectivity index is 1.54. The van der Waals surface area contributed by atoms with Gasteiger partial charge in [0.2, 0.25) is 0 Å². The van der Waals surface area contributed by atoms with E-state index >= 15 is 4.39 Å². The third-order valence-electron chi connectivity index (χ3n) is 6.27. The first-order valence-corrected chi connectivity index (χ1v) is 15.5. The van der Waals surface area contributed by atoms with Crippen molar-refractivity contribution in [3.63, 3.8) is 0 Å². The molecule has 1 amide bonds.